The summed E-state index contributed by atoms with van der Waals surface area (Å²) in [6.07, 6.45) is 8.53. The Balaban J connectivity index is 2.01. The van der Waals surface area contributed by atoms with Crippen molar-refractivity contribution in [3.05, 3.63) is 0 Å². The van der Waals surface area contributed by atoms with Gasteiger partial charge in [-0.3, -0.25) is 4.90 Å². The van der Waals surface area contributed by atoms with Gasteiger partial charge in [0.1, 0.15) is 0 Å². The highest BCUT2D eigenvalue weighted by Crippen LogP contribution is 2.56. The van der Waals surface area contributed by atoms with Gasteiger partial charge in [0.25, 0.3) is 0 Å². The van der Waals surface area contributed by atoms with Gasteiger partial charge in [-0.15, -0.1) is 0 Å². The lowest BCUT2D eigenvalue weighted by Crippen LogP contribution is -2.52. The predicted octanol–water partition coefficient (Wildman–Crippen LogP) is 7.40. The van der Waals surface area contributed by atoms with E-state index in [4.69, 9.17) is 0 Å². The van der Waals surface area contributed by atoms with Gasteiger partial charge in [-0.1, -0.05) is 48.5 Å². The molecule has 0 aromatic carbocycles. The Morgan fingerprint density at radius 1 is 0.500 bits per heavy atom. The molecule has 1 aliphatic heterocycles. The number of hydrogen-bond acceptors (Lipinski definition) is 1. The highest BCUT2D eigenvalue weighted by molar-refractivity contribution is 4.99. The molecule has 154 valence electrons. The van der Waals surface area contributed by atoms with Crippen LogP contribution in [0.4, 0.5) is 0 Å². The zero-order valence-electron chi connectivity index (χ0n) is 19.8. The van der Waals surface area contributed by atoms with Gasteiger partial charge in [0.2, 0.25) is 0 Å². The lowest BCUT2D eigenvalue weighted by molar-refractivity contribution is -0.0618. The van der Waals surface area contributed by atoms with E-state index in [2.05, 4.69) is 74.1 Å². The average molecular weight is 364 g/mol. The third-order valence-electron chi connectivity index (χ3n) is 9.10. The molecule has 1 saturated carbocycles. The summed E-state index contributed by atoms with van der Waals surface area (Å²) < 4.78 is 0. The summed E-state index contributed by atoms with van der Waals surface area (Å²) in [5.74, 6) is 2.70. The van der Waals surface area contributed by atoms with E-state index in [1.165, 1.54) is 51.6 Å². The molecule has 2 aliphatic rings. The first-order valence-corrected chi connectivity index (χ1v) is 11.4. The first-order chi connectivity index (χ1) is 11.7. The van der Waals surface area contributed by atoms with Gasteiger partial charge in [-0.05, 0) is 106 Å². The molecule has 0 spiro atoms. The summed E-state index contributed by atoms with van der Waals surface area (Å²) in [6.45, 7) is 27.4. The molecule has 1 nitrogen and oxygen atoms in total. The summed E-state index contributed by atoms with van der Waals surface area (Å²) in [6, 6.07) is 0. The van der Waals surface area contributed by atoms with Gasteiger partial charge in [0.15, 0.2) is 0 Å². The van der Waals surface area contributed by atoms with Gasteiger partial charge in [-0.25, -0.2) is 0 Å². The Kier molecular flexibility index (Phi) is 6.35. The first-order valence-electron chi connectivity index (χ1n) is 11.4. The zero-order chi connectivity index (χ0) is 20.0. The monoisotopic (exact) mass is 363 g/mol. The summed E-state index contributed by atoms with van der Waals surface area (Å²) in [5.41, 5.74) is 1.68. The second-order valence-electron chi connectivity index (χ2n) is 12.8. The summed E-state index contributed by atoms with van der Waals surface area (Å²) in [4.78, 5) is 2.70. The lowest BCUT2D eigenvalue weighted by atomic mass is 9.51. The van der Waals surface area contributed by atoms with Crippen LogP contribution >= 0.6 is 0 Å². The van der Waals surface area contributed by atoms with Crippen molar-refractivity contribution in [1.29, 1.82) is 0 Å². The third-order valence-corrected chi connectivity index (χ3v) is 9.10. The molecular weight excluding hydrogens is 314 g/mol. The van der Waals surface area contributed by atoms with Crippen LogP contribution in [0.5, 0.6) is 0 Å². The molecule has 1 heteroatoms. The van der Waals surface area contributed by atoms with Gasteiger partial charge in [0.05, 0.1) is 0 Å². The van der Waals surface area contributed by atoms with Crippen molar-refractivity contribution < 1.29 is 0 Å². The fourth-order valence-corrected chi connectivity index (χ4v) is 6.01. The first kappa shape index (κ1) is 22.3. The maximum atomic E-state index is 2.70. The van der Waals surface area contributed by atoms with E-state index in [-0.39, 0.29) is 0 Å². The van der Waals surface area contributed by atoms with E-state index >= 15 is 0 Å². The Morgan fingerprint density at radius 3 is 1.19 bits per heavy atom. The Morgan fingerprint density at radius 2 is 0.846 bits per heavy atom. The topological polar surface area (TPSA) is 3.24 Å². The van der Waals surface area contributed by atoms with Crippen molar-refractivity contribution in [2.45, 2.75) is 113 Å². The number of likely N-dealkylation sites (tertiary alicyclic amines) is 1. The molecule has 1 saturated heterocycles. The molecule has 0 unspecified atom stereocenters. The minimum atomic E-state index is 0.329. The van der Waals surface area contributed by atoms with Crippen LogP contribution in [0, 0.1) is 34.0 Å². The number of hydrogen-bond donors (Lipinski definition) is 0. The Bertz CT molecular complexity index is 400. The second-order valence-corrected chi connectivity index (χ2v) is 12.8. The molecule has 2 fully saturated rings. The SMILES string of the molecule is CC(C)(C)C1CCC(C(C)(C)C(C)(C)C2CCN(C(C)(C)C)CC2)CC1. The fourth-order valence-electron chi connectivity index (χ4n) is 6.01. The zero-order valence-corrected chi connectivity index (χ0v) is 19.8. The van der Waals surface area contributed by atoms with Crippen LogP contribution in [0.1, 0.15) is 108 Å². The van der Waals surface area contributed by atoms with E-state index < -0.39 is 0 Å². The van der Waals surface area contributed by atoms with E-state index in [0.29, 0.717) is 21.8 Å². The van der Waals surface area contributed by atoms with Gasteiger partial charge >= 0.3 is 0 Å². The molecule has 0 atom stereocenters. The van der Waals surface area contributed by atoms with Gasteiger partial charge in [0, 0.05) is 5.54 Å². The molecule has 0 amide bonds. The lowest BCUT2D eigenvalue weighted by Gasteiger charge is -2.55. The van der Waals surface area contributed by atoms with E-state index in [1.807, 2.05) is 0 Å². The maximum Gasteiger partial charge on any atom is 0.0125 e. The summed E-state index contributed by atoms with van der Waals surface area (Å²) in [5, 5.41) is 0. The predicted molar refractivity (Wildman–Crippen MR) is 117 cm³/mol. The fraction of sp³-hybridized carbons (Fsp3) is 1.00. The van der Waals surface area contributed by atoms with Crippen molar-refractivity contribution in [2.75, 3.05) is 13.1 Å². The highest BCUT2D eigenvalue weighted by atomic mass is 15.2. The smallest absolute Gasteiger partial charge is 0.0125 e. The van der Waals surface area contributed by atoms with Crippen LogP contribution in [0.3, 0.4) is 0 Å². The normalized spacial score (nSPS) is 28.4. The minimum absolute atomic E-state index is 0.329. The molecule has 0 aromatic rings. The summed E-state index contributed by atoms with van der Waals surface area (Å²) in [7, 11) is 0. The molecule has 2 rings (SSSR count). The standard InChI is InChI=1S/C25H49N/c1-22(2,3)19-11-13-20(14-12-19)24(7,8)25(9,10)21-15-17-26(18-16-21)23(4,5)6/h19-21H,11-18H2,1-10H3. The van der Waals surface area contributed by atoms with Crippen molar-refractivity contribution in [3.63, 3.8) is 0 Å². The van der Waals surface area contributed by atoms with Crippen LogP contribution < -0.4 is 0 Å². The molecule has 0 aromatic heterocycles. The van der Waals surface area contributed by atoms with E-state index in [1.54, 1.807) is 0 Å². The Labute approximate surface area is 165 Å². The van der Waals surface area contributed by atoms with Crippen molar-refractivity contribution >= 4 is 0 Å². The van der Waals surface area contributed by atoms with Crippen LogP contribution in [-0.2, 0) is 0 Å². The van der Waals surface area contributed by atoms with Gasteiger partial charge in [-0.2, -0.15) is 0 Å². The maximum absolute atomic E-state index is 2.70. The molecule has 0 N–H and O–H groups in total. The largest absolute Gasteiger partial charge is 0.298 e. The number of nitrogens with zero attached hydrogens (tertiary/aromatic N) is 1. The highest BCUT2D eigenvalue weighted by Gasteiger charge is 2.49. The van der Waals surface area contributed by atoms with Crippen LogP contribution in [0.15, 0.2) is 0 Å². The minimum Gasteiger partial charge on any atom is -0.298 e. The molecule has 0 radical (unpaired) electrons. The van der Waals surface area contributed by atoms with Gasteiger partial charge < -0.3 is 0 Å². The molecule has 1 aliphatic carbocycles. The quantitative estimate of drug-likeness (QED) is 0.505. The van der Waals surface area contributed by atoms with E-state index in [9.17, 15) is 0 Å². The molecule has 26 heavy (non-hydrogen) atoms. The van der Waals surface area contributed by atoms with Crippen molar-refractivity contribution in [2.24, 2.45) is 34.0 Å². The second kappa shape index (κ2) is 7.41. The average Bonchev–Trinajstić information content (AvgIpc) is 2.53. The molecule has 1 heterocycles. The van der Waals surface area contributed by atoms with Crippen LogP contribution in [-0.4, -0.2) is 23.5 Å². The van der Waals surface area contributed by atoms with Crippen LogP contribution in [0.25, 0.3) is 0 Å². The third kappa shape index (κ3) is 4.50. The van der Waals surface area contributed by atoms with Crippen LogP contribution in [0.2, 0.25) is 0 Å². The van der Waals surface area contributed by atoms with E-state index in [0.717, 1.165) is 17.8 Å². The van der Waals surface area contributed by atoms with Crippen molar-refractivity contribution in [1.82, 2.24) is 4.90 Å². The van der Waals surface area contributed by atoms with Crippen molar-refractivity contribution in [3.8, 4) is 0 Å². The molecule has 0 bridgehead atoms. The Hall–Kier alpha value is -0.0400. The number of rotatable bonds is 3. The number of piperidine rings is 1. The summed E-state index contributed by atoms with van der Waals surface area (Å²) >= 11 is 0. The molecular formula is C25H49N.